The largest absolute Gasteiger partial charge is 0.466 e. The summed E-state index contributed by atoms with van der Waals surface area (Å²) in [4.78, 5) is 20.8. The molecule has 0 unspecified atom stereocenters. The maximum Gasteiger partial charge on any atom is 0.431 e. The quantitative estimate of drug-likeness (QED) is 0.381. The minimum atomic E-state index is -4.82. The van der Waals surface area contributed by atoms with Crippen molar-refractivity contribution in [3.63, 3.8) is 0 Å². The van der Waals surface area contributed by atoms with E-state index < -0.39 is 22.8 Å². The van der Waals surface area contributed by atoms with Crippen molar-refractivity contribution in [3.8, 4) is 0 Å². The molecule has 0 radical (unpaired) electrons. The monoisotopic (exact) mass is 368 g/mol. The Morgan fingerprint density at radius 2 is 2.10 bits per heavy atom. The molecule has 0 saturated carbocycles. The number of non-ortho nitro benzene ring substituents is 1. The standard InChI is InChI=1S/C11H8BrF3N2O4/c1-21-10(18)5-9(11(13,14)15)16-8-3-2-6(17(19)20)4-7(8)12/h2-5,16H,1H3/b9-5+. The summed E-state index contributed by atoms with van der Waals surface area (Å²) in [5.74, 6) is -1.19. The van der Waals surface area contributed by atoms with Gasteiger partial charge >= 0.3 is 12.1 Å². The number of carbonyl (C=O) groups is 1. The van der Waals surface area contributed by atoms with E-state index in [9.17, 15) is 28.1 Å². The number of alkyl halides is 3. The molecule has 0 aliphatic heterocycles. The molecular weight excluding hydrogens is 361 g/mol. The van der Waals surface area contributed by atoms with Gasteiger partial charge in [-0.3, -0.25) is 10.1 Å². The van der Waals surface area contributed by atoms with E-state index in [1.807, 2.05) is 5.32 Å². The Morgan fingerprint density at radius 1 is 1.48 bits per heavy atom. The Bertz CT molecular complexity index is 602. The van der Waals surface area contributed by atoms with Crippen LogP contribution >= 0.6 is 15.9 Å². The van der Waals surface area contributed by atoms with Crippen molar-refractivity contribution in [2.24, 2.45) is 0 Å². The zero-order valence-electron chi connectivity index (χ0n) is 10.4. The third-order valence-corrected chi connectivity index (χ3v) is 2.86. The molecule has 0 fully saturated rings. The van der Waals surface area contributed by atoms with E-state index in [1.54, 1.807) is 0 Å². The highest BCUT2D eigenvalue weighted by atomic mass is 79.9. The fourth-order valence-corrected chi connectivity index (χ4v) is 1.70. The first-order valence-corrected chi connectivity index (χ1v) is 6.02. The zero-order valence-corrected chi connectivity index (χ0v) is 12.0. The lowest BCUT2D eigenvalue weighted by Crippen LogP contribution is -2.21. The first kappa shape index (κ1) is 17.0. The van der Waals surface area contributed by atoms with Gasteiger partial charge in [0.25, 0.3) is 5.69 Å². The molecule has 0 aliphatic carbocycles. The van der Waals surface area contributed by atoms with E-state index in [1.165, 1.54) is 0 Å². The minimum absolute atomic E-state index is 0.0386. The molecule has 0 amide bonds. The van der Waals surface area contributed by atoms with Gasteiger partial charge in [0.1, 0.15) is 5.70 Å². The number of hydrogen-bond acceptors (Lipinski definition) is 5. The van der Waals surface area contributed by atoms with Crippen LogP contribution in [0.15, 0.2) is 34.4 Å². The lowest BCUT2D eigenvalue weighted by atomic mass is 10.2. The molecule has 1 N–H and O–H groups in total. The van der Waals surface area contributed by atoms with Crippen LogP contribution in [0.4, 0.5) is 24.5 Å². The van der Waals surface area contributed by atoms with Crippen LogP contribution in [0.3, 0.4) is 0 Å². The number of hydrogen-bond donors (Lipinski definition) is 1. The van der Waals surface area contributed by atoms with Crippen molar-refractivity contribution in [2.75, 3.05) is 12.4 Å². The first-order valence-electron chi connectivity index (χ1n) is 5.23. The number of nitro groups is 1. The molecule has 1 aromatic carbocycles. The van der Waals surface area contributed by atoms with Gasteiger partial charge in [-0.25, -0.2) is 4.79 Å². The van der Waals surface area contributed by atoms with Crippen LogP contribution in [0.5, 0.6) is 0 Å². The molecule has 0 bridgehead atoms. The number of nitrogens with zero attached hydrogens (tertiary/aromatic N) is 1. The van der Waals surface area contributed by atoms with Crippen LogP contribution in [0.2, 0.25) is 0 Å². The summed E-state index contributed by atoms with van der Waals surface area (Å²) in [6.45, 7) is 0. The fourth-order valence-electron chi connectivity index (χ4n) is 1.23. The van der Waals surface area contributed by atoms with Crippen LogP contribution in [-0.2, 0) is 9.53 Å². The normalized spacial score (nSPS) is 12.0. The number of carbonyl (C=O) groups excluding carboxylic acids is 1. The highest BCUT2D eigenvalue weighted by Gasteiger charge is 2.35. The summed E-state index contributed by atoms with van der Waals surface area (Å²) < 4.78 is 42.5. The predicted molar refractivity (Wildman–Crippen MR) is 70.6 cm³/mol. The smallest absolute Gasteiger partial charge is 0.431 e. The fraction of sp³-hybridized carbons (Fsp3) is 0.182. The van der Waals surface area contributed by atoms with E-state index in [4.69, 9.17) is 0 Å². The maximum atomic E-state index is 12.8. The number of benzene rings is 1. The van der Waals surface area contributed by atoms with Crippen LogP contribution in [0.1, 0.15) is 0 Å². The molecule has 114 valence electrons. The Balaban J connectivity index is 3.13. The van der Waals surface area contributed by atoms with Gasteiger partial charge in [-0.15, -0.1) is 0 Å². The highest BCUT2D eigenvalue weighted by molar-refractivity contribution is 9.10. The van der Waals surface area contributed by atoms with Crippen LogP contribution in [0.25, 0.3) is 0 Å². The van der Waals surface area contributed by atoms with Crippen molar-refractivity contribution < 1.29 is 27.6 Å². The minimum Gasteiger partial charge on any atom is -0.466 e. The summed E-state index contributed by atoms with van der Waals surface area (Å²) in [6, 6.07) is 3.15. The van der Waals surface area contributed by atoms with Crippen molar-refractivity contribution in [1.29, 1.82) is 0 Å². The Kier molecular flexibility index (Phi) is 5.30. The Labute approximate surface area is 124 Å². The topological polar surface area (TPSA) is 81.5 Å². The number of nitro benzene ring substituents is 1. The highest BCUT2D eigenvalue weighted by Crippen LogP contribution is 2.32. The molecule has 0 aromatic heterocycles. The number of methoxy groups -OCH3 is 1. The van der Waals surface area contributed by atoms with Crippen LogP contribution in [-0.4, -0.2) is 24.2 Å². The van der Waals surface area contributed by atoms with Gasteiger partial charge in [0.05, 0.1) is 23.8 Å². The van der Waals surface area contributed by atoms with E-state index in [0.717, 1.165) is 25.3 Å². The van der Waals surface area contributed by atoms with E-state index in [0.29, 0.717) is 0 Å². The summed E-state index contributed by atoms with van der Waals surface area (Å²) >= 11 is 2.92. The second-order valence-corrected chi connectivity index (χ2v) is 4.48. The van der Waals surface area contributed by atoms with Crippen LogP contribution < -0.4 is 5.32 Å². The molecule has 1 aromatic rings. The molecule has 6 nitrogen and oxygen atoms in total. The molecule has 0 atom stereocenters. The lowest BCUT2D eigenvalue weighted by Gasteiger charge is -2.15. The molecule has 0 heterocycles. The zero-order chi connectivity index (χ0) is 16.2. The van der Waals surface area contributed by atoms with E-state index in [2.05, 4.69) is 20.7 Å². The van der Waals surface area contributed by atoms with Crippen molar-refractivity contribution >= 4 is 33.3 Å². The molecule has 10 heteroatoms. The second-order valence-electron chi connectivity index (χ2n) is 3.63. The maximum absolute atomic E-state index is 12.8. The lowest BCUT2D eigenvalue weighted by molar-refractivity contribution is -0.384. The van der Waals surface area contributed by atoms with Gasteiger partial charge < -0.3 is 10.1 Å². The van der Waals surface area contributed by atoms with Crippen LogP contribution in [0, 0.1) is 10.1 Å². The van der Waals surface area contributed by atoms with E-state index >= 15 is 0 Å². The van der Waals surface area contributed by atoms with Crippen molar-refractivity contribution in [2.45, 2.75) is 6.18 Å². The third kappa shape index (κ3) is 4.74. The van der Waals surface area contributed by atoms with Crippen molar-refractivity contribution in [1.82, 2.24) is 0 Å². The van der Waals surface area contributed by atoms with Gasteiger partial charge in [0.2, 0.25) is 0 Å². The molecule has 21 heavy (non-hydrogen) atoms. The van der Waals surface area contributed by atoms with Gasteiger partial charge in [0, 0.05) is 16.6 Å². The molecule has 0 aliphatic rings. The second kappa shape index (κ2) is 6.57. The Hall–Kier alpha value is -2.10. The summed E-state index contributed by atoms with van der Waals surface area (Å²) in [6.07, 6.45) is -4.58. The number of halogens is 4. The number of esters is 1. The van der Waals surface area contributed by atoms with Gasteiger partial charge in [0.15, 0.2) is 0 Å². The molecule has 0 spiro atoms. The molecular formula is C11H8BrF3N2O4. The Morgan fingerprint density at radius 3 is 2.52 bits per heavy atom. The SMILES string of the molecule is COC(=O)/C=C(/Nc1ccc([N+](=O)[O-])cc1Br)C(F)(F)F. The number of allylic oxidation sites excluding steroid dienone is 1. The average molecular weight is 369 g/mol. The first-order chi connectivity index (χ1) is 9.65. The molecule has 0 saturated heterocycles. The molecule has 1 rings (SSSR count). The number of anilines is 1. The van der Waals surface area contributed by atoms with Gasteiger partial charge in [-0.1, -0.05) is 0 Å². The summed E-state index contributed by atoms with van der Waals surface area (Å²) in [5, 5.41) is 12.5. The predicted octanol–water partition coefficient (Wildman–Crippen LogP) is 3.39. The average Bonchev–Trinajstić information content (AvgIpc) is 2.38. The van der Waals surface area contributed by atoms with Gasteiger partial charge in [-0.05, 0) is 22.0 Å². The van der Waals surface area contributed by atoms with Crippen molar-refractivity contribution in [3.05, 3.63) is 44.6 Å². The summed E-state index contributed by atoms with van der Waals surface area (Å²) in [7, 11) is 0.939. The van der Waals surface area contributed by atoms with E-state index in [-0.39, 0.29) is 21.9 Å². The third-order valence-electron chi connectivity index (χ3n) is 2.20. The number of nitrogens with one attached hydrogen (secondary N) is 1. The summed E-state index contributed by atoms with van der Waals surface area (Å²) in [5.41, 5.74) is -1.74. The number of ether oxygens (including phenoxy) is 1. The number of rotatable bonds is 4. The van der Waals surface area contributed by atoms with Gasteiger partial charge in [-0.2, -0.15) is 13.2 Å².